The monoisotopic (exact) mass is 207 g/mol. The molecule has 0 aliphatic rings. The lowest BCUT2D eigenvalue weighted by Crippen LogP contribution is -1.90. The lowest BCUT2D eigenvalue weighted by atomic mass is 10.1. The second-order valence-corrected chi connectivity index (χ2v) is 3.58. The summed E-state index contributed by atoms with van der Waals surface area (Å²) in [6.45, 7) is 2.03. The van der Waals surface area contributed by atoms with Crippen LogP contribution in [-0.4, -0.2) is 12.1 Å². The third kappa shape index (κ3) is 1.53. The Morgan fingerprint density at radius 3 is 2.79 bits per heavy atom. The Hall–Kier alpha value is -1.28. The molecule has 0 unspecified atom stereocenters. The Morgan fingerprint density at radius 2 is 2.07 bits per heavy atom. The largest absolute Gasteiger partial charge is 0.481 e. The number of hydrogen-bond acceptors (Lipinski definition) is 2. The van der Waals surface area contributed by atoms with Crippen LogP contribution in [0.2, 0.25) is 5.02 Å². The van der Waals surface area contributed by atoms with E-state index in [-0.39, 0.29) is 0 Å². The first kappa shape index (κ1) is 9.28. The molecule has 1 heterocycles. The number of halogens is 1. The molecule has 0 saturated carbocycles. The van der Waals surface area contributed by atoms with Crippen LogP contribution in [0.4, 0.5) is 0 Å². The number of fused-ring (bicyclic) bond motifs is 1. The number of nitrogens with zero attached hydrogens (tertiary/aromatic N) is 1. The van der Waals surface area contributed by atoms with Crippen LogP contribution in [0.5, 0.6) is 5.88 Å². The van der Waals surface area contributed by atoms with Crippen LogP contribution in [0, 0.1) is 6.92 Å². The van der Waals surface area contributed by atoms with Gasteiger partial charge in [0.25, 0.3) is 0 Å². The van der Waals surface area contributed by atoms with Crippen molar-refractivity contribution in [2.45, 2.75) is 6.92 Å². The van der Waals surface area contributed by atoms with Gasteiger partial charge in [-0.05, 0) is 24.6 Å². The second kappa shape index (κ2) is 3.46. The number of benzene rings is 1. The summed E-state index contributed by atoms with van der Waals surface area (Å²) in [5, 5.41) is 1.80. The highest BCUT2D eigenvalue weighted by molar-refractivity contribution is 6.31. The molecule has 0 fully saturated rings. The summed E-state index contributed by atoms with van der Waals surface area (Å²) in [4.78, 5) is 4.31. The van der Waals surface area contributed by atoms with Crippen molar-refractivity contribution in [3.05, 3.63) is 34.9 Å². The van der Waals surface area contributed by atoms with Crippen LogP contribution in [0.25, 0.3) is 10.9 Å². The molecule has 0 aliphatic carbocycles. The first-order chi connectivity index (χ1) is 6.70. The predicted molar refractivity (Wildman–Crippen MR) is 58.0 cm³/mol. The van der Waals surface area contributed by atoms with E-state index in [4.69, 9.17) is 16.3 Å². The van der Waals surface area contributed by atoms with Gasteiger partial charge in [-0.3, -0.25) is 0 Å². The van der Waals surface area contributed by atoms with Crippen LogP contribution in [-0.2, 0) is 0 Å². The van der Waals surface area contributed by atoms with E-state index >= 15 is 0 Å². The fraction of sp³-hybridized carbons (Fsp3) is 0.182. The molecule has 72 valence electrons. The zero-order valence-electron chi connectivity index (χ0n) is 8.04. The van der Waals surface area contributed by atoms with Crippen LogP contribution in [0.1, 0.15) is 5.56 Å². The molecule has 0 bridgehead atoms. The van der Waals surface area contributed by atoms with Crippen LogP contribution in [0.3, 0.4) is 0 Å². The van der Waals surface area contributed by atoms with Gasteiger partial charge in [0.15, 0.2) is 0 Å². The lowest BCUT2D eigenvalue weighted by molar-refractivity contribution is 0.399. The molecule has 0 spiro atoms. The fourth-order valence-corrected chi connectivity index (χ4v) is 1.62. The smallest absolute Gasteiger partial charge is 0.213 e. The molecule has 1 aromatic carbocycles. The Labute approximate surface area is 87.5 Å². The zero-order valence-corrected chi connectivity index (χ0v) is 8.80. The van der Waals surface area contributed by atoms with Crippen molar-refractivity contribution in [3.63, 3.8) is 0 Å². The molecule has 0 amide bonds. The number of methoxy groups -OCH3 is 1. The fourth-order valence-electron chi connectivity index (χ4n) is 1.45. The van der Waals surface area contributed by atoms with E-state index in [1.807, 2.05) is 31.2 Å². The van der Waals surface area contributed by atoms with E-state index in [0.717, 1.165) is 16.5 Å². The van der Waals surface area contributed by atoms with Gasteiger partial charge in [0.2, 0.25) is 5.88 Å². The van der Waals surface area contributed by atoms with Gasteiger partial charge in [0.05, 0.1) is 12.6 Å². The molecule has 0 radical (unpaired) electrons. The van der Waals surface area contributed by atoms with Crippen molar-refractivity contribution >= 4 is 22.5 Å². The summed E-state index contributed by atoms with van der Waals surface area (Å²) in [6, 6.07) is 7.59. The molecule has 0 saturated heterocycles. The van der Waals surface area contributed by atoms with Crippen molar-refractivity contribution in [3.8, 4) is 5.88 Å². The molecule has 0 N–H and O–H groups in total. The normalized spacial score (nSPS) is 10.5. The topological polar surface area (TPSA) is 22.1 Å². The maximum atomic E-state index is 5.89. The molecule has 0 atom stereocenters. The summed E-state index contributed by atoms with van der Waals surface area (Å²) >= 11 is 5.89. The summed E-state index contributed by atoms with van der Waals surface area (Å²) in [6.07, 6.45) is 0. The van der Waals surface area contributed by atoms with Gasteiger partial charge in [-0.15, -0.1) is 0 Å². The van der Waals surface area contributed by atoms with Gasteiger partial charge < -0.3 is 4.74 Å². The molecule has 3 heteroatoms. The van der Waals surface area contributed by atoms with Gasteiger partial charge in [-0.1, -0.05) is 17.7 Å². The summed E-state index contributed by atoms with van der Waals surface area (Å²) in [5.74, 6) is 0.622. The summed E-state index contributed by atoms with van der Waals surface area (Å²) < 4.78 is 5.09. The molecule has 14 heavy (non-hydrogen) atoms. The Kier molecular flexibility index (Phi) is 2.30. The molecule has 2 aromatic rings. The van der Waals surface area contributed by atoms with Crippen LogP contribution < -0.4 is 4.74 Å². The average molecular weight is 208 g/mol. The van der Waals surface area contributed by atoms with Crippen molar-refractivity contribution in [1.82, 2.24) is 4.98 Å². The minimum absolute atomic E-state index is 0.622. The quantitative estimate of drug-likeness (QED) is 0.717. The lowest BCUT2D eigenvalue weighted by Gasteiger charge is -2.05. The Morgan fingerprint density at radius 1 is 1.29 bits per heavy atom. The van der Waals surface area contributed by atoms with Gasteiger partial charge in [-0.25, -0.2) is 4.98 Å². The van der Waals surface area contributed by atoms with Crippen molar-refractivity contribution < 1.29 is 4.74 Å². The van der Waals surface area contributed by atoms with E-state index < -0.39 is 0 Å². The van der Waals surface area contributed by atoms with Crippen molar-refractivity contribution in [2.24, 2.45) is 0 Å². The van der Waals surface area contributed by atoms with E-state index in [1.165, 1.54) is 0 Å². The van der Waals surface area contributed by atoms with E-state index in [0.29, 0.717) is 10.9 Å². The van der Waals surface area contributed by atoms with Gasteiger partial charge in [0, 0.05) is 16.5 Å². The highest BCUT2D eigenvalue weighted by atomic mass is 35.5. The number of aromatic nitrogens is 1. The standard InChI is InChI=1S/C11H10ClNO/c1-7-5-11(14-2)13-10-6-8(12)3-4-9(7)10/h3-6H,1-2H3. The van der Waals surface area contributed by atoms with Crippen LogP contribution >= 0.6 is 11.6 Å². The third-order valence-electron chi connectivity index (χ3n) is 2.16. The van der Waals surface area contributed by atoms with E-state index in [2.05, 4.69) is 4.98 Å². The number of pyridine rings is 1. The van der Waals surface area contributed by atoms with Gasteiger partial charge in [-0.2, -0.15) is 0 Å². The minimum Gasteiger partial charge on any atom is -0.481 e. The maximum Gasteiger partial charge on any atom is 0.213 e. The van der Waals surface area contributed by atoms with Gasteiger partial charge >= 0.3 is 0 Å². The minimum atomic E-state index is 0.622. The summed E-state index contributed by atoms with van der Waals surface area (Å²) in [7, 11) is 1.61. The van der Waals surface area contributed by atoms with E-state index in [1.54, 1.807) is 7.11 Å². The summed E-state index contributed by atoms with van der Waals surface area (Å²) in [5.41, 5.74) is 2.01. The predicted octanol–water partition coefficient (Wildman–Crippen LogP) is 3.21. The van der Waals surface area contributed by atoms with Crippen LogP contribution in [0.15, 0.2) is 24.3 Å². The number of hydrogen-bond donors (Lipinski definition) is 0. The first-order valence-electron chi connectivity index (χ1n) is 4.31. The van der Waals surface area contributed by atoms with Gasteiger partial charge in [0.1, 0.15) is 0 Å². The highest BCUT2D eigenvalue weighted by Crippen LogP contribution is 2.23. The first-order valence-corrected chi connectivity index (χ1v) is 4.69. The molecule has 2 nitrogen and oxygen atoms in total. The number of aryl methyl sites for hydroxylation is 1. The molecule has 1 aromatic heterocycles. The van der Waals surface area contributed by atoms with E-state index in [9.17, 15) is 0 Å². The second-order valence-electron chi connectivity index (χ2n) is 3.14. The third-order valence-corrected chi connectivity index (χ3v) is 2.40. The number of ether oxygens (including phenoxy) is 1. The molecule has 2 rings (SSSR count). The van der Waals surface area contributed by atoms with Crippen molar-refractivity contribution in [2.75, 3.05) is 7.11 Å². The zero-order chi connectivity index (χ0) is 10.1. The average Bonchev–Trinajstić information content (AvgIpc) is 2.16. The van der Waals surface area contributed by atoms with Crippen molar-refractivity contribution in [1.29, 1.82) is 0 Å². The molecule has 0 aliphatic heterocycles. The molecular weight excluding hydrogens is 198 g/mol. The Bertz CT molecular complexity index is 482. The highest BCUT2D eigenvalue weighted by Gasteiger charge is 2.02. The SMILES string of the molecule is COc1cc(C)c2ccc(Cl)cc2n1. The maximum absolute atomic E-state index is 5.89. The molecular formula is C11H10ClNO. The Balaban J connectivity index is 2.77. The number of rotatable bonds is 1.